The summed E-state index contributed by atoms with van der Waals surface area (Å²) in [5.74, 6) is 1.08. The Bertz CT molecular complexity index is 271. The molecule has 4 heteroatoms. The third-order valence-electron chi connectivity index (χ3n) is 4.69. The lowest BCUT2D eigenvalue weighted by Gasteiger charge is -2.27. The highest BCUT2D eigenvalue weighted by Gasteiger charge is 2.14. The average Bonchev–Trinajstić information content (AvgIpc) is 2.52. The Kier molecular flexibility index (Phi) is 7.37. The maximum Gasteiger partial charge on any atom is 0.220 e. The molecule has 0 unspecified atom stereocenters. The fourth-order valence-electron chi connectivity index (χ4n) is 3.36. The number of carbonyl (C=O) groups excluding carboxylic acids is 1. The molecule has 1 aliphatic heterocycles. The van der Waals surface area contributed by atoms with Crippen molar-refractivity contribution in [2.45, 2.75) is 51.4 Å². The average molecular weight is 281 g/mol. The Morgan fingerprint density at radius 1 is 1.15 bits per heavy atom. The summed E-state index contributed by atoms with van der Waals surface area (Å²) < 4.78 is 0. The zero-order valence-corrected chi connectivity index (χ0v) is 12.8. The molecule has 0 aromatic carbocycles. The number of hydrogen-bond donors (Lipinski definition) is 2. The molecule has 2 aliphatic rings. The molecule has 20 heavy (non-hydrogen) atoms. The number of carbonyl (C=O) groups is 1. The molecule has 4 nitrogen and oxygen atoms in total. The second kappa shape index (κ2) is 9.35. The number of rotatable bonds is 7. The predicted molar refractivity (Wildman–Crippen MR) is 82.7 cm³/mol. The van der Waals surface area contributed by atoms with Crippen LogP contribution in [0.2, 0.25) is 0 Å². The fourth-order valence-corrected chi connectivity index (χ4v) is 3.36. The van der Waals surface area contributed by atoms with Gasteiger partial charge in [0.15, 0.2) is 0 Å². The lowest BCUT2D eigenvalue weighted by Crippen LogP contribution is -2.44. The van der Waals surface area contributed by atoms with E-state index in [2.05, 4.69) is 15.5 Å². The SMILES string of the molecule is O=C(CCC1CCCCC1)NCCCN1CCNCC1. The number of nitrogens with one attached hydrogen (secondary N) is 2. The lowest BCUT2D eigenvalue weighted by atomic mass is 9.86. The standard InChI is InChI=1S/C16H31N3O/c20-16(8-7-15-5-2-1-3-6-15)18-9-4-12-19-13-10-17-11-14-19/h15,17H,1-14H2,(H,18,20). The van der Waals surface area contributed by atoms with Crippen LogP contribution < -0.4 is 10.6 Å². The fraction of sp³-hybridized carbons (Fsp3) is 0.938. The van der Waals surface area contributed by atoms with E-state index in [0.29, 0.717) is 0 Å². The van der Waals surface area contributed by atoms with Crippen LogP contribution >= 0.6 is 0 Å². The minimum absolute atomic E-state index is 0.260. The van der Waals surface area contributed by atoms with Crippen molar-refractivity contribution >= 4 is 5.91 Å². The molecule has 2 fully saturated rings. The largest absolute Gasteiger partial charge is 0.356 e. The summed E-state index contributed by atoms with van der Waals surface area (Å²) in [5.41, 5.74) is 0. The van der Waals surface area contributed by atoms with Crippen molar-refractivity contribution in [3.8, 4) is 0 Å². The first-order chi connectivity index (χ1) is 9.84. The van der Waals surface area contributed by atoms with Crippen LogP contribution in [0.15, 0.2) is 0 Å². The van der Waals surface area contributed by atoms with Crippen molar-refractivity contribution in [2.75, 3.05) is 39.3 Å². The van der Waals surface area contributed by atoms with Crippen LogP contribution in [0.4, 0.5) is 0 Å². The van der Waals surface area contributed by atoms with Gasteiger partial charge in [-0.05, 0) is 25.3 Å². The Balaban J connectivity index is 1.45. The van der Waals surface area contributed by atoms with Gasteiger partial charge < -0.3 is 15.5 Å². The summed E-state index contributed by atoms with van der Waals surface area (Å²) >= 11 is 0. The van der Waals surface area contributed by atoms with Crippen molar-refractivity contribution in [3.63, 3.8) is 0 Å². The Hall–Kier alpha value is -0.610. The normalized spacial score (nSPS) is 21.8. The van der Waals surface area contributed by atoms with E-state index < -0.39 is 0 Å². The topological polar surface area (TPSA) is 44.4 Å². The van der Waals surface area contributed by atoms with Crippen LogP contribution in [0.25, 0.3) is 0 Å². The molecule has 0 spiro atoms. The second-order valence-corrected chi connectivity index (χ2v) is 6.34. The molecule has 1 aliphatic carbocycles. The van der Waals surface area contributed by atoms with Crippen LogP contribution in [-0.2, 0) is 4.79 Å². The van der Waals surface area contributed by atoms with E-state index in [0.717, 1.165) is 64.4 Å². The third kappa shape index (κ3) is 6.23. The minimum atomic E-state index is 0.260. The molecule has 0 radical (unpaired) electrons. The first kappa shape index (κ1) is 15.8. The molecular weight excluding hydrogens is 250 g/mol. The van der Waals surface area contributed by atoms with Gasteiger partial charge in [-0.1, -0.05) is 32.1 Å². The van der Waals surface area contributed by atoms with E-state index in [9.17, 15) is 4.79 Å². The smallest absolute Gasteiger partial charge is 0.220 e. The Morgan fingerprint density at radius 3 is 2.65 bits per heavy atom. The third-order valence-corrected chi connectivity index (χ3v) is 4.69. The van der Waals surface area contributed by atoms with Gasteiger partial charge in [0.25, 0.3) is 0 Å². The maximum absolute atomic E-state index is 11.8. The summed E-state index contributed by atoms with van der Waals surface area (Å²) in [4.78, 5) is 14.3. The zero-order chi connectivity index (χ0) is 14.0. The van der Waals surface area contributed by atoms with Gasteiger partial charge in [0, 0.05) is 39.1 Å². The van der Waals surface area contributed by atoms with Gasteiger partial charge in [-0.25, -0.2) is 0 Å². The molecule has 1 saturated carbocycles. The molecule has 0 bridgehead atoms. The minimum Gasteiger partial charge on any atom is -0.356 e. The van der Waals surface area contributed by atoms with Gasteiger partial charge in [0.2, 0.25) is 5.91 Å². The van der Waals surface area contributed by atoms with Gasteiger partial charge >= 0.3 is 0 Å². The number of nitrogens with zero attached hydrogens (tertiary/aromatic N) is 1. The summed E-state index contributed by atoms with van der Waals surface area (Å²) in [7, 11) is 0. The molecule has 1 amide bonds. The number of piperazine rings is 1. The van der Waals surface area contributed by atoms with Crippen LogP contribution in [-0.4, -0.2) is 50.1 Å². The van der Waals surface area contributed by atoms with Crippen LogP contribution in [0.5, 0.6) is 0 Å². The van der Waals surface area contributed by atoms with Gasteiger partial charge in [0.05, 0.1) is 0 Å². The van der Waals surface area contributed by atoms with Gasteiger partial charge in [-0.2, -0.15) is 0 Å². The van der Waals surface area contributed by atoms with Gasteiger partial charge in [-0.15, -0.1) is 0 Å². The number of hydrogen-bond acceptors (Lipinski definition) is 3. The highest BCUT2D eigenvalue weighted by atomic mass is 16.1. The van der Waals surface area contributed by atoms with E-state index in [1.165, 1.54) is 32.1 Å². The molecule has 116 valence electrons. The summed E-state index contributed by atoms with van der Waals surface area (Å²) in [6, 6.07) is 0. The summed E-state index contributed by atoms with van der Waals surface area (Å²) in [6.07, 6.45) is 9.74. The highest BCUT2D eigenvalue weighted by molar-refractivity contribution is 5.75. The monoisotopic (exact) mass is 281 g/mol. The quantitative estimate of drug-likeness (QED) is 0.699. The van der Waals surface area contributed by atoms with E-state index in [-0.39, 0.29) is 5.91 Å². The maximum atomic E-state index is 11.8. The molecule has 2 N–H and O–H groups in total. The van der Waals surface area contributed by atoms with Crippen molar-refractivity contribution in [3.05, 3.63) is 0 Å². The van der Waals surface area contributed by atoms with Gasteiger partial charge in [0.1, 0.15) is 0 Å². The van der Waals surface area contributed by atoms with E-state index in [4.69, 9.17) is 0 Å². The molecule has 0 atom stereocenters. The summed E-state index contributed by atoms with van der Waals surface area (Å²) in [5, 5.41) is 6.44. The summed E-state index contributed by atoms with van der Waals surface area (Å²) in [6.45, 7) is 6.46. The Morgan fingerprint density at radius 2 is 1.90 bits per heavy atom. The van der Waals surface area contributed by atoms with Crippen LogP contribution in [0.3, 0.4) is 0 Å². The van der Waals surface area contributed by atoms with Crippen molar-refractivity contribution in [1.82, 2.24) is 15.5 Å². The molecule has 1 heterocycles. The zero-order valence-electron chi connectivity index (χ0n) is 12.8. The van der Waals surface area contributed by atoms with Gasteiger partial charge in [-0.3, -0.25) is 4.79 Å². The number of amides is 1. The molecule has 1 saturated heterocycles. The van der Waals surface area contributed by atoms with E-state index in [1.807, 2.05) is 0 Å². The van der Waals surface area contributed by atoms with E-state index in [1.54, 1.807) is 0 Å². The first-order valence-corrected chi connectivity index (χ1v) is 8.54. The van der Waals surface area contributed by atoms with Crippen molar-refractivity contribution in [1.29, 1.82) is 0 Å². The molecule has 0 aromatic rings. The highest BCUT2D eigenvalue weighted by Crippen LogP contribution is 2.27. The lowest BCUT2D eigenvalue weighted by molar-refractivity contribution is -0.121. The second-order valence-electron chi connectivity index (χ2n) is 6.34. The molecule has 0 aromatic heterocycles. The molecule has 2 rings (SSSR count). The van der Waals surface area contributed by atoms with Crippen LogP contribution in [0.1, 0.15) is 51.4 Å². The first-order valence-electron chi connectivity index (χ1n) is 8.54. The van der Waals surface area contributed by atoms with Crippen molar-refractivity contribution in [2.24, 2.45) is 5.92 Å². The molecular formula is C16H31N3O. The van der Waals surface area contributed by atoms with Crippen molar-refractivity contribution < 1.29 is 4.79 Å². The van der Waals surface area contributed by atoms with Crippen LogP contribution in [0, 0.1) is 5.92 Å². The predicted octanol–water partition coefficient (Wildman–Crippen LogP) is 1.76. The Labute approximate surface area is 123 Å². The van der Waals surface area contributed by atoms with E-state index >= 15 is 0 Å².